The van der Waals surface area contributed by atoms with Crippen molar-refractivity contribution in [2.24, 2.45) is 11.8 Å². The van der Waals surface area contributed by atoms with Gasteiger partial charge in [-0.15, -0.1) is 0 Å². The second kappa shape index (κ2) is 9.43. The molecule has 0 aromatic heterocycles. The largest absolute Gasteiger partial charge is 0.389 e. The molecule has 1 fully saturated rings. The minimum atomic E-state index is 0.726. The molecule has 0 heterocycles. The number of allylic oxidation sites excluding steroid dienone is 1. The van der Waals surface area contributed by atoms with Gasteiger partial charge in [-0.3, -0.25) is 0 Å². The summed E-state index contributed by atoms with van der Waals surface area (Å²) in [4.78, 5) is 0. The fourth-order valence-electron chi connectivity index (χ4n) is 2.95. The van der Waals surface area contributed by atoms with E-state index in [1.165, 1.54) is 63.6 Å². The summed E-state index contributed by atoms with van der Waals surface area (Å²) in [7, 11) is 2.06. The zero-order valence-corrected chi connectivity index (χ0v) is 12.4. The lowest BCUT2D eigenvalue weighted by Crippen LogP contribution is -2.28. The van der Waals surface area contributed by atoms with Crippen molar-refractivity contribution in [1.82, 2.24) is 10.6 Å². The molecule has 0 aliphatic heterocycles. The Labute approximate surface area is 114 Å². The Kier molecular flexibility index (Phi) is 8.15. The topological polar surface area (TPSA) is 24.1 Å². The highest BCUT2D eigenvalue weighted by atomic mass is 14.9. The maximum absolute atomic E-state index is 4.24. The Hall–Kier alpha value is -0.500. The fraction of sp³-hybridized carbons (Fsp3) is 0.875. The molecule has 0 saturated heterocycles. The highest BCUT2D eigenvalue weighted by Crippen LogP contribution is 2.31. The van der Waals surface area contributed by atoms with Crippen LogP contribution in [0.4, 0.5) is 0 Å². The fourth-order valence-corrected chi connectivity index (χ4v) is 2.95. The van der Waals surface area contributed by atoms with Crippen molar-refractivity contribution in [3.8, 4) is 0 Å². The van der Waals surface area contributed by atoms with Gasteiger partial charge in [0.25, 0.3) is 0 Å². The van der Waals surface area contributed by atoms with Crippen LogP contribution < -0.4 is 10.6 Å². The highest BCUT2D eigenvalue weighted by molar-refractivity contribution is 4.99. The normalized spacial score (nSPS) is 23.9. The summed E-state index contributed by atoms with van der Waals surface area (Å²) < 4.78 is 0. The zero-order valence-electron chi connectivity index (χ0n) is 12.4. The SMILES string of the molecule is C=C(NCCCCCC)C1CCC(CNC)CC1. The van der Waals surface area contributed by atoms with Gasteiger partial charge in [-0.25, -0.2) is 0 Å². The Morgan fingerprint density at radius 3 is 2.44 bits per heavy atom. The van der Waals surface area contributed by atoms with Crippen LogP contribution in [0, 0.1) is 11.8 Å². The van der Waals surface area contributed by atoms with Gasteiger partial charge in [0.15, 0.2) is 0 Å². The molecule has 0 unspecified atom stereocenters. The van der Waals surface area contributed by atoms with E-state index in [2.05, 4.69) is 31.2 Å². The van der Waals surface area contributed by atoms with Gasteiger partial charge in [-0.05, 0) is 57.5 Å². The lowest BCUT2D eigenvalue weighted by molar-refractivity contribution is 0.289. The first kappa shape index (κ1) is 15.6. The van der Waals surface area contributed by atoms with Gasteiger partial charge >= 0.3 is 0 Å². The maximum atomic E-state index is 4.24. The van der Waals surface area contributed by atoms with E-state index in [0.717, 1.165) is 18.4 Å². The maximum Gasteiger partial charge on any atom is 0.0143 e. The second-order valence-electron chi connectivity index (χ2n) is 5.79. The van der Waals surface area contributed by atoms with Crippen LogP contribution in [0.15, 0.2) is 12.3 Å². The van der Waals surface area contributed by atoms with Crippen LogP contribution in [-0.2, 0) is 0 Å². The third-order valence-corrected chi connectivity index (χ3v) is 4.21. The molecule has 1 aliphatic rings. The van der Waals surface area contributed by atoms with Gasteiger partial charge in [-0.1, -0.05) is 32.8 Å². The van der Waals surface area contributed by atoms with E-state index in [1.807, 2.05) is 0 Å². The number of unbranched alkanes of at least 4 members (excludes halogenated alkanes) is 3. The van der Waals surface area contributed by atoms with Crippen LogP contribution in [0.2, 0.25) is 0 Å². The Morgan fingerprint density at radius 1 is 1.11 bits per heavy atom. The van der Waals surface area contributed by atoms with Crippen LogP contribution >= 0.6 is 0 Å². The first-order chi connectivity index (χ1) is 8.77. The first-order valence-corrected chi connectivity index (χ1v) is 7.85. The molecule has 0 radical (unpaired) electrons. The van der Waals surface area contributed by atoms with Crippen LogP contribution in [0.1, 0.15) is 58.3 Å². The van der Waals surface area contributed by atoms with Crippen molar-refractivity contribution >= 4 is 0 Å². The molecule has 1 aliphatic carbocycles. The van der Waals surface area contributed by atoms with E-state index in [9.17, 15) is 0 Å². The van der Waals surface area contributed by atoms with Gasteiger partial charge in [0, 0.05) is 12.2 Å². The summed E-state index contributed by atoms with van der Waals surface area (Å²) in [5, 5.41) is 6.85. The summed E-state index contributed by atoms with van der Waals surface area (Å²) >= 11 is 0. The summed E-state index contributed by atoms with van der Waals surface area (Å²) in [5.41, 5.74) is 1.30. The van der Waals surface area contributed by atoms with Gasteiger partial charge in [0.05, 0.1) is 0 Å². The molecule has 2 heteroatoms. The van der Waals surface area contributed by atoms with Crippen LogP contribution in [0.3, 0.4) is 0 Å². The lowest BCUT2D eigenvalue weighted by atomic mass is 9.80. The minimum absolute atomic E-state index is 0.726. The number of rotatable bonds is 9. The summed E-state index contributed by atoms with van der Waals surface area (Å²) in [5.74, 6) is 1.62. The molecule has 1 rings (SSSR count). The zero-order chi connectivity index (χ0) is 13.2. The van der Waals surface area contributed by atoms with Crippen molar-refractivity contribution in [3.05, 3.63) is 12.3 Å². The molecule has 0 amide bonds. The highest BCUT2D eigenvalue weighted by Gasteiger charge is 2.22. The molecule has 2 N–H and O–H groups in total. The monoisotopic (exact) mass is 252 g/mol. The van der Waals surface area contributed by atoms with Crippen LogP contribution in [0.25, 0.3) is 0 Å². The molecule has 1 saturated carbocycles. The van der Waals surface area contributed by atoms with E-state index in [-0.39, 0.29) is 0 Å². The van der Waals surface area contributed by atoms with Crippen molar-refractivity contribution in [1.29, 1.82) is 0 Å². The smallest absolute Gasteiger partial charge is 0.0143 e. The first-order valence-electron chi connectivity index (χ1n) is 7.85. The summed E-state index contributed by atoms with van der Waals surface area (Å²) in [6, 6.07) is 0. The second-order valence-corrected chi connectivity index (χ2v) is 5.79. The third-order valence-electron chi connectivity index (χ3n) is 4.21. The van der Waals surface area contributed by atoms with E-state index in [4.69, 9.17) is 0 Å². The predicted molar refractivity (Wildman–Crippen MR) is 80.7 cm³/mol. The lowest BCUT2D eigenvalue weighted by Gasteiger charge is -2.30. The molecular weight excluding hydrogens is 220 g/mol. The molecule has 18 heavy (non-hydrogen) atoms. The van der Waals surface area contributed by atoms with Gasteiger partial charge < -0.3 is 10.6 Å². The average molecular weight is 252 g/mol. The molecule has 106 valence electrons. The predicted octanol–water partition coefficient (Wildman–Crippen LogP) is 3.70. The molecule has 0 aromatic rings. The minimum Gasteiger partial charge on any atom is -0.389 e. The van der Waals surface area contributed by atoms with E-state index < -0.39 is 0 Å². The van der Waals surface area contributed by atoms with Crippen molar-refractivity contribution < 1.29 is 0 Å². The molecule has 0 atom stereocenters. The van der Waals surface area contributed by atoms with Crippen molar-refractivity contribution in [2.75, 3.05) is 20.1 Å². The van der Waals surface area contributed by atoms with E-state index >= 15 is 0 Å². The summed E-state index contributed by atoms with van der Waals surface area (Å²) in [6.07, 6.45) is 10.7. The average Bonchev–Trinajstić information content (AvgIpc) is 2.39. The molecule has 2 nitrogen and oxygen atoms in total. The Morgan fingerprint density at radius 2 is 1.83 bits per heavy atom. The molecular formula is C16H32N2. The van der Waals surface area contributed by atoms with Gasteiger partial charge in [0.1, 0.15) is 0 Å². The van der Waals surface area contributed by atoms with Crippen molar-refractivity contribution in [2.45, 2.75) is 58.3 Å². The van der Waals surface area contributed by atoms with E-state index in [1.54, 1.807) is 0 Å². The van der Waals surface area contributed by atoms with Crippen LogP contribution in [-0.4, -0.2) is 20.1 Å². The number of hydrogen-bond donors (Lipinski definition) is 2. The number of nitrogens with one attached hydrogen (secondary N) is 2. The molecule has 0 bridgehead atoms. The quantitative estimate of drug-likeness (QED) is 0.612. The van der Waals surface area contributed by atoms with Crippen molar-refractivity contribution in [3.63, 3.8) is 0 Å². The Balaban J connectivity index is 2.08. The molecule has 0 aromatic carbocycles. The molecule has 0 spiro atoms. The standard InChI is InChI=1S/C16H32N2/c1-4-5-6-7-12-18-14(2)16-10-8-15(9-11-16)13-17-3/h15-18H,2,4-13H2,1,3H3. The van der Waals surface area contributed by atoms with Gasteiger partial charge in [0.2, 0.25) is 0 Å². The number of hydrogen-bond acceptors (Lipinski definition) is 2. The van der Waals surface area contributed by atoms with Crippen LogP contribution in [0.5, 0.6) is 0 Å². The third kappa shape index (κ3) is 5.90. The van der Waals surface area contributed by atoms with Gasteiger partial charge in [-0.2, -0.15) is 0 Å². The summed E-state index contributed by atoms with van der Waals surface area (Å²) in [6.45, 7) is 8.80. The Bertz CT molecular complexity index is 217. The van der Waals surface area contributed by atoms with E-state index in [0.29, 0.717) is 0 Å².